The van der Waals surface area contributed by atoms with Crippen molar-refractivity contribution in [1.82, 2.24) is 4.57 Å². The minimum absolute atomic E-state index is 0.230. The van der Waals surface area contributed by atoms with Crippen LogP contribution in [-0.4, -0.2) is 10.9 Å². The second-order valence-corrected chi connectivity index (χ2v) is 3.42. The Kier molecular flexibility index (Phi) is 2.54. The van der Waals surface area contributed by atoms with Gasteiger partial charge in [0, 0.05) is 24.0 Å². The van der Waals surface area contributed by atoms with Crippen LogP contribution in [-0.2, 0) is 17.8 Å². The third kappa shape index (κ3) is 1.54. The second kappa shape index (κ2) is 3.85. The average molecular weight is 205 g/mol. The molecule has 1 aromatic heterocycles. The van der Waals surface area contributed by atoms with Gasteiger partial charge in [0.1, 0.15) is 12.1 Å². The number of rotatable bonds is 3. The molecule has 0 amide bonds. The topological polar surface area (TPSA) is 22.0 Å². The third-order valence-electron chi connectivity index (χ3n) is 2.59. The molecule has 0 radical (unpaired) electrons. The van der Waals surface area contributed by atoms with Crippen LogP contribution in [0.3, 0.4) is 0 Å². The molecule has 2 nitrogen and oxygen atoms in total. The van der Waals surface area contributed by atoms with Gasteiger partial charge >= 0.3 is 0 Å². The van der Waals surface area contributed by atoms with Gasteiger partial charge in [-0.3, -0.25) is 0 Å². The zero-order chi connectivity index (χ0) is 10.8. The third-order valence-corrected chi connectivity index (χ3v) is 2.59. The Labute approximate surface area is 87.3 Å². The Hall–Kier alpha value is -1.64. The van der Waals surface area contributed by atoms with Crippen molar-refractivity contribution < 1.29 is 9.18 Å². The van der Waals surface area contributed by atoms with E-state index in [2.05, 4.69) is 0 Å². The number of carbonyl (C=O) groups excluding carboxylic acids is 1. The summed E-state index contributed by atoms with van der Waals surface area (Å²) in [4.78, 5) is 10.5. The molecular weight excluding hydrogens is 193 g/mol. The Bertz CT molecular complexity index is 502. The number of aldehydes is 1. The fourth-order valence-corrected chi connectivity index (χ4v) is 1.93. The largest absolute Gasteiger partial charge is 0.344 e. The summed E-state index contributed by atoms with van der Waals surface area (Å²) in [7, 11) is 0. The van der Waals surface area contributed by atoms with E-state index in [4.69, 9.17) is 0 Å². The van der Waals surface area contributed by atoms with Gasteiger partial charge in [-0.2, -0.15) is 0 Å². The molecule has 0 N–H and O–H groups in total. The number of hydrogen-bond acceptors (Lipinski definition) is 1. The Morgan fingerprint density at radius 2 is 2.27 bits per heavy atom. The lowest BCUT2D eigenvalue weighted by molar-refractivity contribution is -0.107. The van der Waals surface area contributed by atoms with Crippen molar-refractivity contribution in [3.05, 3.63) is 35.8 Å². The van der Waals surface area contributed by atoms with Gasteiger partial charge in [0.25, 0.3) is 0 Å². The van der Waals surface area contributed by atoms with E-state index in [1.165, 1.54) is 6.07 Å². The number of carbonyl (C=O) groups is 1. The minimum Gasteiger partial charge on any atom is -0.344 e. The van der Waals surface area contributed by atoms with Crippen molar-refractivity contribution >= 4 is 17.2 Å². The van der Waals surface area contributed by atoms with E-state index >= 15 is 0 Å². The van der Waals surface area contributed by atoms with Crippen molar-refractivity contribution in [3.8, 4) is 0 Å². The molecule has 0 aliphatic rings. The first-order valence-corrected chi connectivity index (χ1v) is 4.98. The number of halogens is 1. The number of aromatic nitrogens is 1. The molecule has 1 aromatic carbocycles. The molecule has 2 rings (SSSR count). The molecule has 78 valence electrons. The van der Waals surface area contributed by atoms with E-state index in [0.29, 0.717) is 11.8 Å². The summed E-state index contributed by atoms with van der Waals surface area (Å²) < 4.78 is 15.4. The van der Waals surface area contributed by atoms with Crippen LogP contribution in [0.2, 0.25) is 0 Å². The maximum Gasteiger partial charge on any atom is 0.132 e. The minimum atomic E-state index is -0.230. The van der Waals surface area contributed by atoms with E-state index in [-0.39, 0.29) is 5.82 Å². The fourth-order valence-electron chi connectivity index (χ4n) is 1.93. The number of fused-ring (bicyclic) bond motifs is 1. The number of nitrogens with zero attached hydrogens (tertiary/aromatic N) is 1. The SMILES string of the molecule is CCn1c(CC=O)cc2c(F)cccc21. The Morgan fingerprint density at radius 1 is 1.47 bits per heavy atom. The zero-order valence-electron chi connectivity index (χ0n) is 8.53. The quantitative estimate of drug-likeness (QED) is 0.706. The predicted molar refractivity (Wildman–Crippen MR) is 57.3 cm³/mol. The van der Waals surface area contributed by atoms with Crippen LogP contribution in [0.1, 0.15) is 12.6 Å². The summed E-state index contributed by atoms with van der Waals surface area (Å²) >= 11 is 0. The lowest BCUT2D eigenvalue weighted by Crippen LogP contribution is -2.00. The van der Waals surface area contributed by atoms with E-state index in [0.717, 1.165) is 24.0 Å². The summed E-state index contributed by atoms with van der Waals surface area (Å²) in [5.74, 6) is -0.230. The van der Waals surface area contributed by atoms with Crippen molar-refractivity contribution in [2.24, 2.45) is 0 Å². The molecule has 15 heavy (non-hydrogen) atoms. The molecule has 0 bridgehead atoms. The van der Waals surface area contributed by atoms with E-state index in [9.17, 15) is 9.18 Å². The highest BCUT2D eigenvalue weighted by Crippen LogP contribution is 2.22. The molecular formula is C12H12FNO. The highest BCUT2D eigenvalue weighted by molar-refractivity contribution is 5.82. The standard InChI is InChI=1S/C12H12FNO/c1-2-14-9(6-7-15)8-10-11(13)4-3-5-12(10)14/h3-5,7-8H,2,6H2,1H3. The van der Waals surface area contributed by atoms with Gasteiger partial charge in [-0.15, -0.1) is 0 Å². The van der Waals surface area contributed by atoms with Crippen LogP contribution in [0.15, 0.2) is 24.3 Å². The van der Waals surface area contributed by atoms with E-state index in [1.54, 1.807) is 12.1 Å². The van der Waals surface area contributed by atoms with Crippen molar-refractivity contribution in [2.45, 2.75) is 19.9 Å². The molecule has 0 aliphatic heterocycles. The molecule has 0 aliphatic carbocycles. The second-order valence-electron chi connectivity index (χ2n) is 3.42. The van der Waals surface area contributed by atoms with Crippen molar-refractivity contribution in [2.75, 3.05) is 0 Å². The number of aryl methyl sites for hydroxylation is 1. The first-order valence-electron chi connectivity index (χ1n) is 4.98. The molecule has 1 heterocycles. The maximum absolute atomic E-state index is 13.5. The predicted octanol–water partition coefficient (Wildman–Crippen LogP) is 2.54. The summed E-state index contributed by atoms with van der Waals surface area (Å²) in [5, 5.41) is 0.594. The lowest BCUT2D eigenvalue weighted by atomic mass is 10.2. The van der Waals surface area contributed by atoms with Gasteiger partial charge in [-0.05, 0) is 25.1 Å². The molecule has 0 fully saturated rings. The maximum atomic E-state index is 13.5. The molecule has 0 spiro atoms. The zero-order valence-corrected chi connectivity index (χ0v) is 8.53. The van der Waals surface area contributed by atoms with Crippen molar-refractivity contribution in [3.63, 3.8) is 0 Å². The normalized spacial score (nSPS) is 10.8. The molecule has 0 atom stereocenters. The Morgan fingerprint density at radius 3 is 2.93 bits per heavy atom. The monoisotopic (exact) mass is 205 g/mol. The highest BCUT2D eigenvalue weighted by Gasteiger charge is 2.09. The molecule has 0 saturated carbocycles. The first kappa shape index (κ1) is 9.90. The smallest absolute Gasteiger partial charge is 0.132 e. The average Bonchev–Trinajstić information content (AvgIpc) is 2.58. The molecule has 0 saturated heterocycles. The van der Waals surface area contributed by atoms with Gasteiger partial charge in [0.15, 0.2) is 0 Å². The van der Waals surface area contributed by atoms with E-state index < -0.39 is 0 Å². The summed E-state index contributed by atoms with van der Waals surface area (Å²) in [6.45, 7) is 2.73. The summed E-state index contributed by atoms with van der Waals surface area (Å²) in [6, 6.07) is 6.75. The van der Waals surface area contributed by atoms with Crippen LogP contribution in [0, 0.1) is 5.82 Å². The van der Waals surface area contributed by atoms with Gasteiger partial charge in [0.05, 0.1) is 5.52 Å². The summed E-state index contributed by atoms with van der Waals surface area (Å²) in [5.41, 5.74) is 1.72. The Balaban J connectivity index is 2.72. The lowest BCUT2D eigenvalue weighted by Gasteiger charge is -2.04. The number of benzene rings is 1. The van der Waals surface area contributed by atoms with Crippen LogP contribution in [0.25, 0.3) is 10.9 Å². The fraction of sp³-hybridized carbons (Fsp3) is 0.250. The van der Waals surface area contributed by atoms with Gasteiger partial charge in [-0.25, -0.2) is 4.39 Å². The van der Waals surface area contributed by atoms with Crippen LogP contribution in [0.4, 0.5) is 4.39 Å². The highest BCUT2D eigenvalue weighted by atomic mass is 19.1. The van der Waals surface area contributed by atoms with Gasteiger partial charge in [0.2, 0.25) is 0 Å². The number of hydrogen-bond donors (Lipinski definition) is 0. The van der Waals surface area contributed by atoms with Crippen molar-refractivity contribution in [1.29, 1.82) is 0 Å². The van der Waals surface area contributed by atoms with Crippen LogP contribution in [0.5, 0.6) is 0 Å². The molecule has 3 heteroatoms. The van der Waals surface area contributed by atoms with Gasteiger partial charge in [-0.1, -0.05) is 6.07 Å². The van der Waals surface area contributed by atoms with E-state index in [1.807, 2.05) is 17.6 Å². The molecule has 2 aromatic rings. The molecule has 0 unspecified atom stereocenters. The van der Waals surface area contributed by atoms with Crippen LogP contribution < -0.4 is 0 Å². The van der Waals surface area contributed by atoms with Gasteiger partial charge < -0.3 is 9.36 Å². The first-order chi connectivity index (χ1) is 7.27. The summed E-state index contributed by atoms with van der Waals surface area (Å²) in [6.07, 6.45) is 1.18. The van der Waals surface area contributed by atoms with Crippen LogP contribution >= 0.6 is 0 Å².